The minimum atomic E-state index is -0.973. The Balaban J connectivity index is 0.929. The number of nitrogens with one attached hydrogen (secondary N) is 1. The summed E-state index contributed by atoms with van der Waals surface area (Å²) in [5.41, 5.74) is 0.928. The first-order chi connectivity index (χ1) is 23.3. The third kappa shape index (κ3) is 7.75. The first kappa shape index (κ1) is 34.8. The van der Waals surface area contributed by atoms with Crippen LogP contribution in [0, 0.1) is 5.92 Å². The molecule has 0 bridgehead atoms. The van der Waals surface area contributed by atoms with E-state index in [1.807, 2.05) is 31.7 Å². The molecule has 14 nitrogen and oxygen atoms in total. The third-order valence-corrected chi connectivity index (χ3v) is 10.4. The first-order valence-corrected chi connectivity index (χ1v) is 17.6. The van der Waals surface area contributed by atoms with E-state index in [4.69, 9.17) is 4.74 Å². The van der Waals surface area contributed by atoms with Crippen LogP contribution in [0.2, 0.25) is 0 Å². The summed E-state index contributed by atoms with van der Waals surface area (Å²) in [6, 6.07) is 4.39. The molecule has 1 aromatic rings. The average molecular weight is 680 g/mol. The van der Waals surface area contributed by atoms with Gasteiger partial charge in [-0.15, -0.1) is 0 Å². The van der Waals surface area contributed by atoms with Gasteiger partial charge in [0.05, 0.1) is 17.7 Å². The number of rotatable bonds is 6. The number of imide groups is 2. The molecule has 0 aromatic heterocycles. The highest BCUT2D eigenvalue weighted by Gasteiger charge is 2.45. The molecule has 5 aliphatic rings. The Morgan fingerprint density at radius 2 is 1.55 bits per heavy atom. The number of likely N-dealkylation sites (tertiary alicyclic amines) is 1. The van der Waals surface area contributed by atoms with Gasteiger partial charge in [-0.2, -0.15) is 0 Å². The van der Waals surface area contributed by atoms with Crippen molar-refractivity contribution >= 4 is 41.3 Å². The normalized spacial score (nSPS) is 24.7. The minimum absolute atomic E-state index is 0.0775. The third-order valence-electron chi connectivity index (χ3n) is 10.4. The Hall–Kier alpha value is -4.04. The molecule has 49 heavy (non-hydrogen) atoms. The zero-order chi connectivity index (χ0) is 35.0. The lowest BCUT2D eigenvalue weighted by Crippen LogP contribution is -2.57. The summed E-state index contributed by atoms with van der Waals surface area (Å²) in [5.74, 6) is -1.31. The van der Waals surface area contributed by atoms with Crippen LogP contribution in [0.3, 0.4) is 0 Å². The van der Waals surface area contributed by atoms with Gasteiger partial charge in [-0.05, 0) is 71.1 Å². The van der Waals surface area contributed by atoms with Crippen molar-refractivity contribution in [1.82, 2.24) is 29.8 Å². The number of carbonyl (C=O) groups is 6. The van der Waals surface area contributed by atoms with Gasteiger partial charge in [0, 0.05) is 83.6 Å². The summed E-state index contributed by atoms with van der Waals surface area (Å²) in [5, 5.41) is 2.23. The van der Waals surface area contributed by atoms with E-state index in [0.29, 0.717) is 37.7 Å². The highest BCUT2D eigenvalue weighted by molar-refractivity contribution is 6.23. The summed E-state index contributed by atoms with van der Waals surface area (Å²) in [6.45, 7) is 15.6. The maximum atomic E-state index is 13.3. The Morgan fingerprint density at radius 3 is 2.20 bits per heavy atom. The SMILES string of the molecule is C[C@H]1CN(C(=O)OC(C)(C)C)CCN1CC(=O)N1CCC(CN2CCN(c3ccc4c(c3)C(=O)N(C3CCC(=O)NC3=O)C4=O)CC2)CC1. The first-order valence-electron chi connectivity index (χ1n) is 17.6. The fourth-order valence-electron chi connectivity index (χ4n) is 7.57. The summed E-state index contributed by atoms with van der Waals surface area (Å²) >= 11 is 0. The van der Waals surface area contributed by atoms with Crippen LogP contribution in [0.15, 0.2) is 18.2 Å². The van der Waals surface area contributed by atoms with Crippen LogP contribution in [-0.2, 0) is 19.1 Å². The van der Waals surface area contributed by atoms with Crippen molar-refractivity contribution in [2.75, 3.05) is 76.9 Å². The lowest BCUT2D eigenvalue weighted by atomic mass is 9.95. The van der Waals surface area contributed by atoms with Gasteiger partial charge in [0.2, 0.25) is 17.7 Å². The number of benzene rings is 1. The van der Waals surface area contributed by atoms with Gasteiger partial charge in [0.25, 0.3) is 11.8 Å². The second-order valence-electron chi connectivity index (χ2n) is 15.0. The molecule has 266 valence electrons. The van der Waals surface area contributed by atoms with Crippen molar-refractivity contribution < 1.29 is 33.5 Å². The molecule has 0 spiro atoms. The van der Waals surface area contributed by atoms with Crippen LogP contribution in [0.25, 0.3) is 0 Å². The van der Waals surface area contributed by atoms with Crippen molar-refractivity contribution in [1.29, 1.82) is 0 Å². The fourth-order valence-corrected chi connectivity index (χ4v) is 7.57. The van der Waals surface area contributed by atoms with Crippen molar-refractivity contribution in [2.45, 2.75) is 71.1 Å². The average Bonchev–Trinajstić information content (AvgIpc) is 3.30. The van der Waals surface area contributed by atoms with Gasteiger partial charge >= 0.3 is 6.09 Å². The minimum Gasteiger partial charge on any atom is -0.444 e. The van der Waals surface area contributed by atoms with Gasteiger partial charge in [-0.25, -0.2) is 4.79 Å². The Morgan fingerprint density at radius 1 is 0.857 bits per heavy atom. The highest BCUT2D eigenvalue weighted by atomic mass is 16.6. The second kappa shape index (κ2) is 14.1. The lowest BCUT2D eigenvalue weighted by Gasteiger charge is -2.41. The maximum absolute atomic E-state index is 13.3. The number of fused-ring (bicyclic) bond motifs is 1. The number of ether oxygens (including phenoxy) is 1. The van der Waals surface area contributed by atoms with E-state index in [9.17, 15) is 28.8 Å². The van der Waals surface area contributed by atoms with Crippen molar-refractivity contribution in [3.63, 3.8) is 0 Å². The van der Waals surface area contributed by atoms with Gasteiger partial charge in [0.1, 0.15) is 11.6 Å². The Kier molecular flexibility index (Phi) is 9.99. The van der Waals surface area contributed by atoms with Crippen LogP contribution < -0.4 is 10.2 Å². The highest BCUT2D eigenvalue weighted by Crippen LogP contribution is 2.31. The van der Waals surface area contributed by atoms with Gasteiger partial charge in [-0.1, -0.05) is 0 Å². The molecule has 5 aliphatic heterocycles. The molecule has 6 amide bonds. The molecule has 4 saturated heterocycles. The second-order valence-corrected chi connectivity index (χ2v) is 15.0. The molecule has 4 fully saturated rings. The molecular formula is C35H49N7O7. The Labute approximate surface area is 287 Å². The Bertz CT molecular complexity index is 1490. The van der Waals surface area contributed by atoms with Gasteiger partial charge in [-0.3, -0.25) is 44.0 Å². The van der Waals surface area contributed by atoms with Gasteiger partial charge < -0.3 is 19.4 Å². The van der Waals surface area contributed by atoms with Crippen LogP contribution >= 0.6 is 0 Å². The van der Waals surface area contributed by atoms with E-state index < -0.39 is 35.3 Å². The number of anilines is 1. The molecule has 0 radical (unpaired) electrons. The lowest BCUT2D eigenvalue weighted by molar-refractivity contribution is -0.136. The van der Waals surface area contributed by atoms with E-state index >= 15 is 0 Å². The summed E-state index contributed by atoms with van der Waals surface area (Å²) < 4.78 is 5.52. The maximum Gasteiger partial charge on any atom is 0.410 e. The smallest absolute Gasteiger partial charge is 0.410 e. The van der Waals surface area contributed by atoms with Gasteiger partial charge in [0.15, 0.2) is 0 Å². The van der Waals surface area contributed by atoms with Crippen LogP contribution in [0.5, 0.6) is 0 Å². The van der Waals surface area contributed by atoms with E-state index in [-0.39, 0.29) is 36.4 Å². The van der Waals surface area contributed by atoms with Crippen LogP contribution in [0.4, 0.5) is 10.5 Å². The van der Waals surface area contributed by atoms with Crippen molar-refractivity contribution in [3.05, 3.63) is 29.3 Å². The zero-order valence-corrected chi connectivity index (χ0v) is 29.1. The number of carbonyl (C=O) groups excluding carboxylic acids is 6. The molecule has 14 heteroatoms. The predicted molar refractivity (Wildman–Crippen MR) is 180 cm³/mol. The van der Waals surface area contributed by atoms with Crippen LogP contribution in [-0.4, -0.2) is 150 Å². The van der Waals surface area contributed by atoms with Crippen molar-refractivity contribution in [3.8, 4) is 0 Å². The monoisotopic (exact) mass is 679 g/mol. The molecule has 2 atom stereocenters. The topological polar surface area (TPSA) is 143 Å². The molecule has 0 saturated carbocycles. The molecule has 1 aromatic carbocycles. The molecule has 0 aliphatic carbocycles. The predicted octanol–water partition coefficient (Wildman–Crippen LogP) is 1.39. The number of amides is 6. The molecule has 1 unspecified atom stereocenters. The zero-order valence-electron chi connectivity index (χ0n) is 29.1. The van der Waals surface area contributed by atoms with E-state index in [0.717, 1.165) is 69.2 Å². The molecule has 1 N–H and O–H groups in total. The quantitative estimate of drug-likeness (QED) is 0.439. The van der Waals surface area contributed by atoms with E-state index in [2.05, 4.69) is 26.9 Å². The van der Waals surface area contributed by atoms with Crippen LogP contribution in [0.1, 0.15) is 74.1 Å². The summed E-state index contributed by atoms with van der Waals surface area (Å²) in [6.07, 6.45) is 1.87. The number of hydrogen-bond donors (Lipinski definition) is 1. The fraction of sp³-hybridized carbons (Fsp3) is 0.657. The van der Waals surface area contributed by atoms with E-state index in [1.54, 1.807) is 17.0 Å². The summed E-state index contributed by atoms with van der Waals surface area (Å²) in [4.78, 5) is 87.5. The standard InChI is InChI=1S/C35H49N7O7/c1-23-20-41(34(48)49-35(2,3)4)18-17-40(23)22-30(44)39-11-9-24(10-12-39)21-37-13-15-38(16-14-37)25-5-6-26-27(19-25)33(47)42(32(26)46)28-7-8-29(43)36-31(28)45/h5-6,19,23-24,28H,7-18,20-22H2,1-4H3,(H,36,43,45)/t23-,28?/m0/s1. The molecular weight excluding hydrogens is 630 g/mol. The number of hydrogen-bond acceptors (Lipinski definition) is 10. The van der Waals surface area contributed by atoms with E-state index in [1.165, 1.54) is 0 Å². The number of piperidine rings is 2. The molecule has 6 rings (SSSR count). The largest absolute Gasteiger partial charge is 0.444 e. The number of piperazine rings is 2. The summed E-state index contributed by atoms with van der Waals surface area (Å²) in [7, 11) is 0. The number of nitrogens with zero attached hydrogens (tertiary/aromatic N) is 6. The van der Waals surface area contributed by atoms with Crippen molar-refractivity contribution in [2.24, 2.45) is 5.92 Å². The molecule has 5 heterocycles.